The van der Waals surface area contributed by atoms with E-state index in [0.717, 1.165) is 50.5 Å². The Morgan fingerprint density at radius 3 is 2.32 bits per heavy atom. The molecule has 0 radical (unpaired) electrons. The van der Waals surface area contributed by atoms with Gasteiger partial charge in [-0.2, -0.15) is 0 Å². The SMILES string of the molecule is O=C(CC1CCCC1)N1C[C@@H](CN2CCN(c3ccc(F)cc3)CC2)[C@@H](c2cccc(F)c2)C1. The normalized spacial score (nSPS) is 24.2. The summed E-state index contributed by atoms with van der Waals surface area (Å²) in [5.74, 6) is 0.861. The van der Waals surface area contributed by atoms with Crippen LogP contribution in [0.25, 0.3) is 0 Å². The first kappa shape index (κ1) is 23.3. The van der Waals surface area contributed by atoms with Gasteiger partial charge in [0.1, 0.15) is 11.6 Å². The van der Waals surface area contributed by atoms with E-state index < -0.39 is 0 Å². The van der Waals surface area contributed by atoms with Crippen molar-refractivity contribution in [3.8, 4) is 0 Å². The Hall–Kier alpha value is -2.47. The Bertz CT molecular complexity index is 968. The van der Waals surface area contributed by atoms with Crippen LogP contribution in [0.4, 0.5) is 14.5 Å². The molecule has 1 saturated carbocycles. The number of rotatable bonds is 6. The number of amides is 1. The molecule has 1 aliphatic carbocycles. The Kier molecular flexibility index (Phi) is 7.14. The highest BCUT2D eigenvalue weighted by atomic mass is 19.1. The van der Waals surface area contributed by atoms with Crippen molar-refractivity contribution in [2.75, 3.05) is 50.7 Å². The molecule has 34 heavy (non-hydrogen) atoms. The largest absolute Gasteiger partial charge is 0.369 e. The maximum absolute atomic E-state index is 14.0. The summed E-state index contributed by atoms with van der Waals surface area (Å²) in [4.78, 5) is 19.9. The van der Waals surface area contributed by atoms with Gasteiger partial charge in [-0.3, -0.25) is 9.69 Å². The van der Waals surface area contributed by atoms with E-state index in [-0.39, 0.29) is 23.5 Å². The molecule has 2 atom stereocenters. The van der Waals surface area contributed by atoms with Crippen molar-refractivity contribution in [3.63, 3.8) is 0 Å². The van der Waals surface area contributed by atoms with Crippen LogP contribution in [0.1, 0.15) is 43.6 Å². The molecule has 0 aromatic heterocycles. The van der Waals surface area contributed by atoms with Crippen molar-refractivity contribution >= 4 is 11.6 Å². The second-order valence-electron chi connectivity index (χ2n) is 10.3. The highest BCUT2D eigenvalue weighted by molar-refractivity contribution is 5.77. The van der Waals surface area contributed by atoms with E-state index in [0.29, 0.717) is 24.8 Å². The monoisotopic (exact) mass is 467 g/mol. The lowest BCUT2D eigenvalue weighted by atomic mass is 9.88. The molecule has 2 saturated heterocycles. The summed E-state index contributed by atoms with van der Waals surface area (Å²) in [6.07, 6.45) is 5.51. The number of hydrogen-bond donors (Lipinski definition) is 0. The van der Waals surface area contributed by atoms with Crippen LogP contribution < -0.4 is 4.90 Å². The van der Waals surface area contributed by atoms with Crippen molar-refractivity contribution in [2.45, 2.75) is 38.0 Å². The van der Waals surface area contributed by atoms with Crippen molar-refractivity contribution in [3.05, 3.63) is 65.7 Å². The van der Waals surface area contributed by atoms with Gasteiger partial charge < -0.3 is 9.80 Å². The molecule has 3 fully saturated rings. The summed E-state index contributed by atoms with van der Waals surface area (Å²) in [5, 5.41) is 0. The molecular weight excluding hydrogens is 432 g/mol. The molecule has 2 heterocycles. The average molecular weight is 468 g/mol. The van der Waals surface area contributed by atoms with E-state index in [2.05, 4.69) is 9.80 Å². The van der Waals surface area contributed by atoms with Gasteiger partial charge in [0.05, 0.1) is 0 Å². The second kappa shape index (κ2) is 10.4. The van der Waals surface area contributed by atoms with Crippen molar-refractivity contribution < 1.29 is 13.6 Å². The lowest BCUT2D eigenvalue weighted by Crippen LogP contribution is -2.48. The molecule has 2 aliphatic heterocycles. The van der Waals surface area contributed by atoms with Crippen molar-refractivity contribution in [2.24, 2.45) is 11.8 Å². The third kappa shape index (κ3) is 5.43. The lowest BCUT2D eigenvalue weighted by molar-refractivity contribution is -0.131. The Balaban J connectivity index is 1.23. The first-order chi connectivity index (χ1) is 16.5. The maximum Gasteiger partial charge on any atom is 0.222 e. The molecule has 2 aromatic carbocycles. The summed E-state index contributed by atoms with van der Waals surface area (Å²) in [6.45, 7) is 6.01. The third-order valence-electron chi connectivity index (χ3n) is 8.07. The Labute approximate surface area is 201 Å². The van der Waals surface area contributed by atoms with Gasteiger partial charge in [-0.15, -0.1) is 0 Å². The van der Waals surface area contributed by atoms with Crippen LogP contribution in [0.2, 0.25) is 0 Å². The van der Waals surface area contributed by atoms with Crippen molar-refractivity contribution in [1.82, 2.24) is 9.80 Å². The van der Waals surface area contributed by atoms with Gasteiger partial charge in [0.15, 0.2) is 0 Å². The summed E-state index contributed by atoms with van der Waals surface area (Å²) in [5.41, 5.74) is 2.06. The number of carbonyl (C=O) groups excluding carboxylic acids is 1. The van der Waals surface area contributed by atoms with E-state index in [1.165, 1.54) is 43.9 Å². The molecule has 5 rings (SSSR count). The molecule has 0 N–H and O–H groups in total. The average Bonchev–Trinajstić information content (AvgIpc) is 3.50. The number of carbonyl (C=O) groups is 1. The fourth-order valence-corrected chi connectivity index (χ4v) is 6.14. The van der Waals surface area contributed by atoms with Gasteiger partial charge in [-0.05, 0) is 66.6 Å². The van der Waals surface area contributed by atoms with Crippen LogP contribution in [0.5, 0.6) is 0 Å². The standard InChI is InChI=1S/C28H35F2N3O/c29-24-8-10-26(11-9-24)32-14-12-31(13-15-32)18-23-19-33(28(34)16-21-4-1-2-5-21)20-27(23)22-6-3-7-25(30)17-22/h3,6-11,17,21,23,27H,1-2,4-5,12-16,18-20H2/t23-,27-/m1/s1. The van der Waals surface area contributed by atoms with E-state index in [9.17, 15) is 13.6 Å². The third-order valence-corrected chi connectivity index (χ3v) is 8.07. The fraction of sp³-hybridized carbons (Fsp3) is 0.536. The highest BCUT2D eigenvalue weighted by Crippen LogP contribution is 2.36. The van der Waals surface area contributed by atoms with Gasteiger partial charge in [-0.25, -0.2) is 8.78 Å². The summed E-state index contributed by atoms with van der Waals surface area (Å²) in [7, 11) is 0. The number of piperazine rings is 1. The van der Waals surface area contributed by atoms with E-state index in [1.54, 1.807) is 12.1 Å². The Morgan fingerprint density at radius 2 is 1.62 bits per heavy atom. The summed E-state index contributed by atoms with van der Waals surface area (Å²) < 4.78 is 27.3. The van der Waals surface area contributed by atoms with Crippen LogP contribution in [-0.2, 0) is 4.79 Å². The van der Waals surface area contributed by atoms with Crippen LogP contribution in [0.3, 0.4) is 0 Å². The first-order valence-corrected chi connectivity index (χ1v) is 12.8. The van der Waals surface area contributed by atoms with E-state index >= 15 is 0 Å². The summed E-state index contributed by atoms with van der Waals surface area (Å²) in [6, 6.07) is 13.7. The number of benzene rings is 2. The van der Waals surface area contributed by atoms with Crippen LogP contribution in [0, 0.1) is 23.5 Å². The van der Waals surface area contributed by atoms with Gasteiger partial charge in [0.2, 0.25) is 5.91 Å². The highest BCUT2D eigenvalue weighted by Gasteiger charge is 2.38. The maximum atomic E-state index is 14.0. The Morgan fingerprint density at radius 1 is 0.882 bits per heavy atom. The molecule has 4 nitrogen and oxygen atoms in total. The van der Waals surface area contributed by atoms with Crippen LogP contribution in [0.15, 0.2) is 48.5 Å². The predicted molar refractivity (Wildman–Crippen MR) is 131 cm³/mol. The second-order valence-corrected chi connectivity index (χ2v) is 10.3. The minimum Gasteiger partial charge on any atom is -0.369 e. The van der Waals surface area contributed by atoms with Crippen molar-refractivity contribution in [1.29, 1.82) is 0 Å². The number of anilines is 1. The van der Waals surface area contributed by atoms with E-state index in [1.807, 2.05) is 23.1 Å². The van der Waals surface area contributed by atoms with Gasteiger partial charge in [-0.1, -0.05) is 25.0 Å². The lowest BCUT2D eigenvalue weighted by Gasteiger charge is -2.37. The summed E-state index contributed by atoms with van der Waals surface area (Å²) >= 11 is 0. The molecule has 2 aromatic rings. The fourth-order valence-electron chi connectivity index (χ4n) is 6.14. The number of nitrogens with zero attached hydrogens (tertiary/aromatic N) is 3. The van der Waals surface area contributed by atoms with Crippen LogP contribution >= 0.6 is 0 Å². The van der Waals surface area contributed by atoms with Gasteiger partial charge in [0, 0.05) is 63.8 Å². The minimum atomic E-state index is -0.209. The molecule has 0 spiro atoms. The molecule has 0 bridgehead atoms. The predicted octanol–water partition coefficient (Wildman–Crippen LogP) is 4.91. The molecule has 3 aliphatic rings. The topological polar surface area (TPSA) is 26.8 Å². The van der Waals surface area contributed by atoms with Gasteiger partial charge >= 0.3 is 0 Å². The van der Waals surface area contributed by atoms with Gasteiger partial charge in [0.25, 0.3) is 0 Å². The zero-order valence-electron chi connectivity index (χ0n) is 19.8. The molecule has 0 unspecified atom stereocenters. The zero-order valence-corrected chi connectivity index (χ0v) is 19.8. The molecule has 1 amide bonds. The first-order valence-electron chi connectivity index (χ1n) is 12.8. The quantitative estimate of drug-likeness (QED) is 0.604. The molecule has 182 valence electrons. The van der Waals surface area contributed by atoms with Crippen LogP contribution in [-0.4, -0.2) is 61.5 Å². The number of halogens is 2. The number of hydrogen-bond acceptors (Lipinski definition) is 3. The van der Waals surface area contributed by atoms with E-state index in [4.69, 9.17) is 0 Å². The molecule has 6 heteroatoms. The smallest absolute Gasteiger partial charge is 0.222 e. The minimum absolute atomic E-state index is 0.165. The zero-order chi connectivity index (χ0) is 23.5. The molecular formula is C28H35F2N3O. The number of likely N-dealkylation sites (tertiary alicyclic amines) is 1.